The number of rotatable bonds is 6. The van der Waals surface area contributed by atoms with Crippen molar-refractivity contribution in [2.75, 3.05) is 11.1 Å². The summed E-state index contributed by atoms with van der Waals surface area (Å²) in [5.41, 5.74) is 9.02. The molecular formula is C21H23N7. The maximum absolute atomic E-state index is 9.25. The fourth-order valence-electron chi connectivity index (χ4n) is 3.84. The minimum Gasteiger partial charge on any atom is -0.399 e. The quantitative estimate of drug-likeness (QED) is 0.624. The lowest BCUT2D eigenvalue weighted by Crippen LogP contribution is -2.17. The Bertz CT molecular complexity index is 965. The van der Waals surface area contributed by atoms with E-state index in [1.807, 2.05) is 47.4 Å². The van der Waals surface area contributed by atoms with E-state index in [1.165, 1.54) is 25.7 Å². The van der Waals surface area contributed by atoms with E-state index in [-0.39, 0.29) is 6.04 Å². The molecule has 3 aromatic rings. The van der Waals surface area contributed by atoms with Gasteiger partial charge in [0.2, 0.25) is 5.95 Å². The highest BCUT2D eigenvalue weighted by Crippen LogP contribution is 2.36. The van der Waals surface area contributed by atoms with E-state index in [9.17, 15) is 5.26 Å². The Morgan fingerprint density at radius 3 is 2.75 bits per heavy atom. The third-order valence-electron chi connectivity index (χ3n) is 5.30. The zero-order valence-electron chi connectivity index (χ0n) is 15.6. The van der Waals surface area contributed by atoms with Gasteiger partial charge in [0.1, 0.15) is 0 Å². The number of nitrogens with two attached hydrogens (primary N) is 1. The zero-order valence-corrected chi connectivity index (χ0v) is 15.6. The van der Waals surface area contributed by atoms with Crippen LogP contribution in [0.4, 0.5) is 17.3 Å². The van der Waals surface area contributed by atoms with Gasteiger partial charge in [-0.3, -0.25) is 4.68 Å². The number of benzene rings is 1. The van der Waals surface area contributed by atoms with Crippen molar-refractivity contribution in [2.24, 2.45) is 5.92 Å². The molecule has 1 atom stereocenters. The summed E-state index contributed by atoms with van der Waals surface area (Å²) in [7, 11) is 0. The summed E-state index contributed by atoms with van der Waals surface area (Å²) in [6.45, 7) is 0. The van der Waals surface area contributed by atoms with Gasteiger partial charge < -0.3 is 11.1 Å². The first-order chi connectivity index (χ1) is 13.7. The molecule has 0 spiro atoms. The molecule has 0 saturated heterocycles. The number of hydrogen-bond acceptors (Lipinski definition) is 6. The van der Waals surface area contributed by atoms with Crippen molar-refractivity contribution in [3.05, 3.63) is 48.9 Å². The average molecular weight is 373 g/mol. The molecular weight excluding hydrogens is 350 g/mol. The van der Waals surface area contributed by atoms with Gasteiger partial charge in [0.25, 0.3) is 0 Å². The van der Waals surface area contributed by atoms with E-state index >= 15 is 0 Å². The van der Waals surface area contributed by atoms with Crippen LogP contribution in [0.1, 0.15) is 38.1 Å². The predicted octanol–water partition coefficient (Wildman–Crippen LogP) is 4.31. The Balaban J connectivity index is 1.54. The van der Waals surface area contributed by atoms with Gasteiger partial charge in [-0.05, 0) is 49.1 Å². The normalized spacial score (nSPS) is 15.2. The third kappa shape index (κ3) is 3.96. The van der Waals surface area contributed by atoms with Crippen LogP contribution in [0.25, 0.3) is 11.3 Å². The molecule has 4 rings (SSSR count). The van der Waals surface area contributed by atoms with Crippen LogP contribution >= 0.6 is 0 Å². The lowest BCUT2D eigenvalue weighted by molar-refractivity contribution is 0.315. The molecule has 1 aliphatic rings. The van der Waals surface area contributed by atoms with Gasteiger partial charge >= 0.3 is 0 Å². The molecule has 2 heterocycles. The van der Waals surface area contributed by atoms with Crippen molar-refractivity contribution in [1.29, 1.82) is 5.26 Å². The van der Waals surface area contributed by atoms with Gasteiger partial charge in [-0.25, -0.2) is 9.97 Å². The topological polar surface area (TPSA) is 105 Å². The largest absolute Gasteiger partial charge is 0.399 e. The first-order valence-corrected chi connectivity index (χ1v) is 9.60. The number of nitrogen functional groups attached to an aromatic ring is 1. The van der Waals surface area contributed by atoms with E-state index in [0.717, 1.165) is 16.9 Å². The summed E-state index contributed by atoms with van der Waals surface area (Å²) < 4.78 is 1.95. The number of nitriles is 1. The van der Waals surface area contributed by atoms with E-state index in [4.69, 9.17) is 5.73 Å². The highest BCUT2D eigenvalue weighted by atomic mass is 15.3. The highest BCUT2D eigenvalue weighted by Gasteiger charge is 2.27. The second kappa shape index (κ2) is 8.09. The van der Waals surface area contributed by atoms with E-state index in [1.54, 1.807) is 6.20 Å². The third-order valence-corrected chi connectivity index (χ3v) is 5.30. The first-order valence-electron chi connectivity index (χ1n) is 9.60. The maximum Gasteiger partial charge on any atom is 0.227 e. The second-order valence-corrected chi connectivity index (χ2v) is 7.20. The van der Waals surface area contributed by atoms with Crippen molar-refractivity contribution < 1.29 is 0 Å². The summed E-state index contributed by atoms with van der Waals surface area (Å²) in [6, 6.07) is 11.8. The van der Waals surface area contributed by atoms with Crippen LogP contribution in [0.5, 0.6) is 0 Å². The number of hydrogen-bond donors (Lipinski definition) is 2. The number of nitrogens with zero attached hydrogens (tertiary/aromatic N) is 5. The van der Waals surface area contributed by atoms with Gasteiger partial charge in [0.05, 0.1) is 30.4 Å². The highest BCUT2D eigenvalue weighted by molar-refractivity contribution is 5.61. The first kappa shape index (κ1) is 18.0. The van der Waals surface area contributed by atoms with Crippen LogP contribution in [0.3, 0.4) is 0 Å². The monoisotopic (exact) mass is 373 g/mol. The Hall–Kier alpha value is -3.40. The molecule has 1 unspecified atom stereocenters. The summed E-state index contributed by atoms with van der Waals surface area (Å²) in [4.78, 5) is 8.90. The maximum atomic E-state index is 9.25. The van der Waals surface area contributed by atoms with Gasteiger partial charge in [0, 0.05) is 29.3 Å². The van der Waals surface area contributed by atoms with Crippen molar-refractivity contribution in [2.45, 2.75) is 38.1 Å². The minimum atomic E-state index is 0.135. The standard InChI is InChI=1S/C21H23N7/c22-11-9-20(15-3-1-2-4-15)28-14-16(13-25-28)19-10-12-24-21(27-19)26-18-7-5-17(23)6-8-18/h5-8,10,12-15,20H,1-4,9,23H2,(H,24,26,27). The molecule has 2 aromatic heterocycles. The van der Waals surface area contributed by atoms with E-state index in [0.29, 0.717) is 24.0 Å². The van der Waals surface area contributed by atoms with Crippen LogP contribution < -0.4 is 11.1 Å². The molecule has 0 bridgehead atoms. The molecule has 1 aromatic carbocycles. The Morgan fingerprint density at radius 2 is 2.00 bits per heavy atom. The van der Waals surface area contributed by atoms with Crippen molar-refractivity contribution in [3.8, 4) is 17.3 Å². The molecule has 0 radical (unpaired) electrons. The SMILES string of the molecule is N#CCC(C1CCCC1)n1cc(-c2ccnc(Nc3ccc(N)cc3)n2)cn1. The smallest absolute Gasteiger partial charge is 0.227 e. The molecule has 142 valence electrons. The Morgan fingerprint density at radius 1 is 1.21 bits per heavy atom. The molecule has 1 saturated carbocycles. The summed E-state index contributed by atoms with van der Waals surface area (Å²) in [5.74, 6) is 1.04. The summed E-state index contributed by atoms with van der Waals surface area (Å²) in [6.07, 6.45) is 10.8. The van der Waals surface area contributed by atoms with Crippen molar-refractivity contribution >= 4 is 17.3 Å². The Labute approximate surface area is 164 Å². The summed E-state index contributed by atoms with van der Waals surface area (Å²) >= 11 is 0. The number of aromatic nitrogens is 4. The molecule has 3 N–H and O–H groups in total. The fraction of sp³-hybridized carbons (Fsp3) is 0.333. The van der Waals surface area contributed by atoms with Crippen LogP contribution in [0, 0.1) is 17.2 Å². The molecule has 0 amide bonds. The molecule has 1 fully saturated rings. The molecule has 0 aliphatic heterocycles. The van der Waals surface area contributed by atoms with Crippen molar-refractivity contribution in [3.63, 3.8) is 0 Å². The number of nitrogens with one attached hydrogen (secondary N) is 1. The van der Waals surface area contributed by atoms with Crippen molar-refractivity contribution in [1.82, 2.24) is 19.7 Å². The minimum absolute atomic E-state index is 0.135. The van der Waals surface area contributed by atoms with Gasteiger partial charge in [-0.1, -0.05) is 12.8 Å². The fourth-order valence-corrected chi connectivity index (χ4v) is 3.84. The molecule has 28 heavy (non-hydrogen) atoms. The van der Waals surface area contributed by atoms with Crippen LogP contribution in [-0.4, -0.2) is 19.7 Å². The van der Waals surface area contributed by atoms with Crippen LogP contribution in [0.2, 0.25) is 0 Å². The van der Waals surface area contributed by atoms with Crippen LogP contribution in [-0.2, 0) is 0 Å². The molecule has 7 nitrogen and oxygen atoms in total. The molecule has 1 aliphatic carbocycles. The van der Waals surface area contributed by atoms with E-state index in [2.05, 4.69) is 26.5 Å². The van der Waals surface area contributed by atoms with Gasteiger partial charge in [0.15, 0.2) is 0 Å². The van der Waals surface area contributed by atoms with Crippen LogP contribution in [0.15, 0.2) is 48.9 Å². The zero-order chi connectivity index (χ0) is 19.3. The average Bonchev–Trinajstić information content (AvgIpc) is 3.41. The summed E-state index contributed by atoms with van der Waals surface area (Å²) in [5, 5.41) is 17.0. The lowest BCUT2D eigenvalue weighted by Gasteiger charge is -2.21. The Kier molecular flexibility index (Phi) is 5.20. The lowest BCUT2D eigenvalue weighted by atomic mass is 9.96. The van der Waals surface area contributed by atoms with Gasteiger partial charge in [-0.2, -0.15) is 10.4 Å². The van der Waals surface area contributed by atoms with E-state index < -0.39 is 0 Å². The van der Waals surface area contributed by atoms with Gasteiger partial charge in [-0.15, -0.1) is 0 Å². The predicted molar refractivity (Wildman–Crippen MR) is 109 cm³/mol. The second-order valence-electron chi connectivity index (χ2n) is 7.20. The molecule has 7 heteroatoms. The number of anilines is 3.